The fraction of sp³-hybridized carbons (Fsp3) is 0.212. The number of rotatable bonds is 10. The van der Waals surface area contributed by atoms with Gasteiger partial charge in [0.1, 0.15) is 23.1 Å². The Balaban J connectivity index is 1.64. The molecule has 44 heavy (non-hydrogen) atoms. The maximum atomic E-state index is 13.7. The molecule has 11 heteroatoms. The second kappa shape index (κ2) is 13.1. The number of esters is 1. The molecule has 1 aliphatic heterocycles. The molecule has 3 aromatic carbocycles. The lowest BCUT2D eigenvalue weighted by Crippen LogP contribution is -2.29. The van der Waals surface area contributed by atoms with E-state index >= 15 is 0 Å². The topological polar surface area (TPSA) is 115 Å². The molecule has 4 aromatic rings. The highest BCUT2D eigenvalue weighted by Gasteiger charge is 2.48. The van der Waals surface area contributed by atoms with Crippen LogP contribution in [-0.2, 0) is 20.9 Å². The first-order chi connectivity index (χ1) is 21.2. The van der Waals surface area contributed by atoms with Gasteiger partial charge in [0.05, 0.1) is 30.5 Å². The third-order valence-electron chi connectivity index (χ3n) is 6.83. The van der Waals surface area contributed by atoms with Gasteiger partial charge < -0.3 is 19.3 Å². The van der Waals surface area contributed by atoms with Crippen molar-refractivity contribution in [2.75, 3.05) is 18.1 Å². The molecule has 1 saturated heterocycles. The number of carbonyl (C=O) groups is 3. The van der Waals surface area contributed by atoms with Crippen molar-refractivity contribution in [3.63, 3.8) is 0 Å². The van der Waals surface area contributed by atoms with Crippen LogP contribution >= 0.6 is 11.3 Å². The summed E-state index contributed by atoms with van der Waals surface area (Å²) in [6.45, 7) is 5.80. The monoisotopic (exact) mass is 616 g/mol. The van der Waals surface area contributed by atoms with Gasteiger partial charge in [-0.1, -0.05) is 47.7 Å². The van der Waals surface area contributed by atoms with Crippen molar-refractivity contribution in [3.8, 4) is 11.5 Å². The van der Waals surface area contributed by atoms with Crippen molar-refractivity contribution < 1.29 is 38.1 Å². The molecular weight excluding hydrogens is 587 g/mol. The summed E-state index contributed by atoms with van der Waals surface area (Å²) in [4.78, 5) is 45.5. The van der Waals surface area contributed by atoms with Crippen LogP contribution in [0.4, 0.5) is 9.52 Å². The highest BCUT2D eigenvalue weighted by atomic mass is 32.1. The zero-order chi connectivity index (χ0) is 31.4. The number of ether oxygens (including phenoxy) is 3. The summed E-state index contributed by atoms with van der Waals surface area (Å²) in [7, 11) is 0. The average Bonchev–Trinajstić information content (AvgIpc) is 3.53. The number of Topliss-reactive ketones (excluding diaryl/α,β-unsaturated/α-hetero) is 1. The zero-order valence-corrected chi connectivity index (χ0v) is 25.0. The largest absolute Gasteiger partial charge is 0.507 e. The first-order valence-corrected chi connectivity index (χ1v) is 14.7. The molecule has 1 atom stereocenters. The average molecular weight is 617 g/mol. The molecule has 9 nitrogen and oxygen atoms in total. The van der Waals surface area contributed by atoms with Crippen LogP contribution < -0.4 is 14.4 Å². The van der Waals surface area contributed by atoms with E-state index in [9.17, 15) is 23.9 Å². The van der Waals surface area contributed by atoms with Crippen LogP contribution in [0.5, 0.6) is 11.5 Å². The van der Waals surface area contributed by atoms with Crippen LogP contribution in [0, 0.1) is 12.7 Å². The van der Waals surface area contributed by atoms with Crippen LogP contribution in [0.25, 0.3) is 5.76 Å². The summed E-state index contributed by atoms with van der Waals surface area (Å²) in [6, 6.07) is 18.3. The number of carbonyl (C=O) groups excluding carboxylic acids is 3. The predicted octanol–water partition coefficient (Wildman–Crippen LogP) is 6.37. The molecule has 0 bridgehead atoms. The van der Waals surface area contributed by atoms with Crippen molar-refractivity contribution in [1.82, 2.24) is 4.98 Å². The fourth-order valence-electron chi connectivity index (χ4n) is 4.80. The van der Waals surface area contributed by atoms with E-state index in [2.05, 4.69) is 4.98 Å². The van der Waals surface area contributed by atoms with Crippen LogP contribution in [-0.4, -0.2) is 41.0 Å². The number of halogens is 1. The Labute approximate surface area is 257 Å². The Morgan fingerprint density at radius 1 is 0.977 bits per heavy atom. The van der Waals surface area contributed by atoms with E-state index in [1.165, 1.54) is 12.1 Å². The van der Waals surface area contributed by atoms with Crippen molar-refractivity contribution in [1.29, 1.82) is 0 Å². The second-order valence-corrected chi connectivity index (χ2v) is 10.7. The Morgan fingerprint density at radius 3 is 2.39 bits per heavy atom. The Bertz CT molecular complexity index is 1730. The second-order valence-electron chi connectivity index (χ2n) is 9.72. The minimum absolute atomic E-state index is 0.0678. The number of benzene rings is 3. The SMILES string of the molecule is CCOC(=O)c1sc(N2C(=O)C(=O)C(=C(O)c3ccc(F)cc3)C2c2ccc(OCc3ccccc3)c(OCC)c2)nc1C. The summed E-state index contributed by atoms with van der Waals surface area (Å²) in [5.74, 6) is -2.75. The van der Waals surface area contributed by atoms with Gasteiger partial charge in [-0.3, -0.25) is 14.5 Å². The minimum atomic E-state index is -1.16. The number of aliphatic hydroxyl groups is 1. The first kappa shape index (κ1) is 30.4. The normalized spacial score (nSPS) is 15.8. The zero-order valence-electron chi connectivity index (χ0n) is 24.2. The number of hydrogen-bond donors (Lipinski definition) is 1. The van der Waals surface area contributed by atoms with Crippen molar-refractivity contribution in [2.24, 2.45) is 0 Å². The van der Waals surface area contributed by atoms with E-state index in [0.717, 1.165) is 33.9 Å². The molecule has 0 aliphatic carbocycles. The van der Waals surface area contributed by atoms with Gasteiger partial charge in [0.2, 0.25) is 0 Å². The number of amides is 1. The van der Waals surface area contributed by atoms with Crippen LogP contribution in [0.1, 0.15) is 51.9 Å². The lowest BCUT2D eigenvalue weighted by Gasteiger charge is -2.24. The fourth-order valence-corrected chi connectivity index (χ4v) is 5.78. The summed E-state index contributed by atoms with van der Waals surface area (Å²) < 4.78 is 30.7. The molecule has 1 aromatic heterocycles. The molecule has 1 N–H and O–H groups in total. The van der Waals surface area contributed by atoms with Gasteiger partial charge in [-0.15, -0.1) is 0 Å². The first-order valence-electron chi connectivity index (χ1n) is 13.9. The van der Waals surface area contributed by atoms with E-state index in [1.807, 2.05) is 37.3 Å². The third-order valence-corrected chi connectivity index (χ3v) is 7.97. The molecule has 5 rings (SSSR count). The molecule has 0 saturated carbocycles. The van der Waals surface area contributed by atoms with Crippen molar-refractivity contribution in [2.45, 2.75) is 33.4 Å². The van der Waals surface area contributed by atoms with Gasteiger partial charge in [-0.2, -0.15) is 0 Å². The molecule has 1 fully saturated rings. The molecule has 0 spiro atoms. The molecular formula is C33H29FN2O7S. The molecule has 2 heterocycles. The molecule has 1 amide bonds. The van der Waals surface area contributed by atoms with E-state index in [1.54, 1.807) is 32.0 Å². The number of nitrogens with zero attached hydrogens (tertiary/aromatic N) is 2. The summed E-state index contributed by atoms with van der Waals surface area (Å²) in [6.07, 6.45) is 0. The predicted molar refractivity (Wildman–Crippen MR) is 162 cm³/mol. The minimum Gasteiger partial charge on any atom is -0.507 e. The number of hydrogen-bond acceptors (Lipinski definition) is 9. The van der Waals surface area contributed by atoms with Gasteiger partial charge in [0.25, 0.3) is 5.78 Å². The Hall–Kier alpha value is -5.03. The highest BCUT2D eigenvalue weighted by Crippen LogP contribution is 2.45. The molecule has 226 valence electrons. The molecule has 1 aliphatic rings. The quantitative estimate of drug-likeness (QED) is 0.0946. The van der Waals surface area contributed by atoms with Crippen LogP contribution in [0.2, 0.25) is 0 Å². The number of aryl methyl sites for hydroxylation is 1. The smallest absolute Gasteiger partial charge is 0.350 e. The van der Waals surface area contributed by atoms with Gasteiger partial charge in [0.15, 0.2) is 16.6 Å². The van der Waals surface area contributed by atoms with Gasteiger partial charge in [-0.25, -0.2) is 14.2 Å². The van der Waals surface area contributed by atoms with Crippen molar-refractivity contribution in [3.05, 3.63) is 111 Å². The summed E-state index contributed by atoms with van der Waals surface area (Å²) in [5.41, 5.74) is 1.59. The highest BCUT2D eigenvalue weighted by molar-refractivity contribution is 7.17. The molecule has 1 unspecified atom stereocenters. The number of anilines is 1. The number of aromatic nitrogens is 1. The lowest BCUT2D eigenvalue weighted by atomic mass is 9.95. The van der Waals surface area contributed by atoms with Crippen molar-refractivity contribution >= 4 is 39.9 Å². The number of thiazole rings is 1. The maximum Gasteiger partial charge on any atom is 0.350 e. The standard InChI is InChI=1S/C33H29FN2O7S/c1-4-41-25-17-22(13-16-24(25)43-18-20-9-7-6-8-10-20)27-26(28(37)21-11-14-23(34)15-12-21)29(38)31(39)36(27)33-35-19(3)30(44-33)32(40)42-5-2/h6-17,27,37H,4-5,18H2,1-3H3. The van der Waals surface area contributed by atoms with E-state index in [4.69, 9.17) is 14.2 Å². The lowest BCUT2D eigenvalue weighted by molar-refractivity contribution is -0.132. The number of aliphatic hydroxyl groups excluding tert-OH is 1. The van der Waals surface area contributed by atoms with Gasteiger partial charge >= 0.3 is 11.9 Å². The summed E-state index contributed by atoms with van der Waals surface area (Å²) in [5, 5.41) is 11.4. The van der Waals surface area contributed by atoms with E-state index in [-0.39, 0.29) is 34.4 Å². The number of ketones is 1. The Morgan fingerprint density at radius 2 is 1.70 bits per heavy atom. The summed E-state index contributed by atoms with van der Waals surface area (Å²) >= 11 is 0.901. The van der Waals surface area contributed by atoms with Crippen LogP contribution in [0.15, 0.2) is 78.4 Å². The van der Waals surface area contributed by atoms with Gasteiger partial charge in [-0.05, 0) is 68.3 Å². The Kier molecular flexibility index (Phi) is 9.05. The molecule has 0 radical (unpaired) electrons. The van der Waals surface area contributed by atoms with E-state index in [0.29, 0.717) is 29.4 Å². The van der Waals surface area contributed by atoms with E-state index < -0.39 is 35.3 Å². The van der Waals surface area contributed by atoms with Gasteiger partial charge in [0, 0.05) is 5.56 Å². The van der Waals surface area contributed by atoms with Crippen LogP contribution in [0.3, 0.4) is 0 Å². The third kappa shape index (κ3) is 6.04. The maximum absolute atomic E-state index is 13.7.